The highest BCUT2D eigenvalue weighted by atomic mass is 35.5. The van der Waals surface area contributed by atoms with Gasteiger partial charge in [0.2, 0.25) is 0 Å². The maximum Gasteiger partial charge on any atom is 0.0446 e. The number of thioether (sulfide) groups is 1. The average Bonchev–Trinajstić information content (AvgIpc) is 2.71. The molecule has 0 bridgehead atoms. The van der Waals surface area contributed by atoms with E-state index in [-0.39, 0.29) is 0 Å². The molecule has 0 heterocycles. The molecule has 1 aliphatic rings. The summed E-state index contributed by atoms with van der Waals surface area (Å²) in [5.74, 6) is 1.80. The van der Waals surface area contributed by atoms with Gasteiger partial charge in [-0.3, -0.25) is 0 Å². The molecule has 3 heteroatoms. The fourth-order valence-electron chi connectivity index (χ4n) is 2.73. The number of hydrogen-bond acceptors (Lipinski definition) is 2. The Labute approximate surface area is 120 Å². The first-order valence-corrected chi connectivity index (χ1v) is 8.23. The molecular formula is C15H22ClNS. The molecule has 0 spiro atoms. The lowest BCUT2D eigenvalue weighted by molar-refractivity contribution is 0.441. The zero-order chi connectivity index (χ0) is 13.0. The van der Waals surface area contributed by atoms with E-state index in [1.165, 1.54) is 18.4 Å². The Morgan fingerprint density at radius 1 is 1.33 bits per heavy atom. The SMILES string of the molecule is CCNC1CCC(SCc2ccccc2Cl)C1C. The smallest absolute Gasteiger partial charge is 0.0446 e. The van der Waals surface area contributed by atoms with Crippen LogP contribution in [-0.4, -0.2) is 17.8 Å². The minimum atomic E-state index is 0.707. The van der Waals surface area contributed by atoms with Gasteiger partial charge in [-0.1, -0.05) is 43.6 Å². The first-order chi connectivity index (χ1) is 8.72. The van der Waals surface area contributed by atoms with Gasteiger partial charge in [-0.2, -0.15) is 11.8 Å². The molecule has 0 radical (unpaired) electrons. The first-order valence-electron chi connectivity index (χ1n) is 6.80. The summed E-state index contributed by atoms with van der Waals surface area (Å²) in [4.78, 5) is 0. The highest BCUT2D eigenvalue weighted by Gasteiger charge is 2.32. The molecule has 18 heavy (non-hydrogen) atoms. The lowest BCUT2D eigenvalue weighted by Gasteiger charge is -2.21. The van der Waals surface area contributed by atoms with Crippen molar-refractivity contribution in [1.82, 2.24) is 5.32 Å². The van der Waals surface area contributed by atoms with E-state index >= 15 is 0 Å². The summed E-state index contributed by atoms with van der Waals surface area (Å²) in [5, 5.41) is 5.26. The van der Waals surface area contributed by atoms with Crippen molar-refractivity contribution < 1.29 is 0 Å². The Bertz CT molecular complexity index is 383. The van der Waals surface area contributed by atoms with Crippen molar-refractivity contribution in [1.29, 1.82) is 0 Å². The molecule has 1 aromatic carbocycles. The van der Waals surface area contributed by atoms with Crippen molar-refractivity contribution in [3.05, 3.63) is 34.9 Å². The lowest BCUT2D eigenvalue weighted by atomic mass is 10.1. The van der Waals surface area contributed by atoms with Crippen LogP contribution >= 0.6 is 23.4 Å². The van der Waals surface area contributed by atoms with E-state index in [9.17, 15) is 0 Å². The van der Waals surface area contributed by atoms with Crippen LogP contribution in [0.4, 0.5) is 0 Å². The van der Waals surface area contributed by atoms with Crippen molar-refractivity contribution in [2.45, 2.75) is 43.7 Å². The van der Waals surface area contributed by atoms with E-state index in [4.69, 9.17) is 11.6 Å². The van der Waals surface area contributed by atoms with Gasteiger partial charge in [-0.25, -0.2) is 0 Å². The Morgan fingerprint density at radius 3 is 2.83 bits per heavy atom. The van der Waals surface area contributed by atoms with Crippen LogP contribution < -0.4 is 5.32 Å². The molecule has 3 atom stereocenters. The van der Waals surface area contributed by atoms with Gasteiger partial charge in [-0.05, 0) is 36.9 Å². The molecule has 1 saturated carbocycles. The van der Waals surface area contributed by atoms with Gasteiger partial charge in [0.15, 0.2) is 0 Å². The van der Waals surface area contributed by atoms with Crippen LogP contribution in [0.25, 0.3) is 0 Å². The molecule has 1 aliphatic carbocycles. The average molecular weight is 284 g/mol. The highest BCUT2D eigenvalue weighted by Crippen LogP contribution is 2.37. The maximum atomic E-state index is 6.20. The van der Waals surface area contributed by atoms with E-state index in [0.29, 0.717) is 6.04 Å². The van der Waals surface area contributed by atoms with Crippen LogP contribution in [-0.2, 0) is 5.75 Å². The van der Waals surface area contributed by atoms with Gasteiger partial charge in [-0.15, -0.1) is 0 Å². The number of hydrogen-bond donors (Lipinski definition) is 1. The molecule has 0 saturated heterocycles. The topological polar surface area (TPSA) is 12.0 Å². The van der Waals surface area contributed by atoms with Crippen LogP contribution in [0.5, 0.6) is 0 Å². The van der Waals surface area contributed by atoms with Gasteiger partial charge < -0.3 is 5.32 Å². The van der Waals surface area contributed by atoms with Crippen LogP contribution in [0, 0.1) is 5.92 Å². The largest absolute Gasteiger partial charge is 0.314 e. The molecule has 1 nitrogen and oxygen atoms in total. The summed E-state index contributed by atoms with van der Waals surface area (Å²) in [6, 6.07) is 8.89. The Hall–Kier alpha value is -0.180. The maximum absolute atomic E-state index is 6.20. The first kappa shape index (κ1) is 14.2. The third kappa shape index (κ3) is 3.43. The van der Waals surface area contributed by atoms with Gasteiger partial charge in [0.05, 0.1) is 0 Å². The zero-order valence-electron chi connectivity index (χ0n) is 11.2. The number of benzene rings is 1. The summed E-state index contributed by atoms with van der Waals surface area (Å²) in [7, 11) is 0. The van der Waals surface area contributed by atoms with Crippen LogP contribution in [0.3, 0.4) is 0 Å². The third-order valence-corrected chi connectivity index (χ3v) is 5.80. The quantitative estimate of drug-likeness (QED) is 0.862. The highest BCUT2D eigenvalue weighted by molar-refractivity contribution is 7.99. The minimum Gasteiger partial charge on any atom is -0.314 e. The summed E-state index contributed by atoms with van der Waals surface area (Å²) in [5.41, 5.74) is 1.27. The number of nitrogens with one attached hydrogen (secondary N) is 1. The molecule has 0 aromatic heterocycles. The molecule has 0 amide bonds. The Balaban J connectivity index is 1.86. The summed E-state index contributed by atoms with van der Waals surface area (Å²) in [6.07, 6.45) is 2.64. The minimum absolute atomic E-state index is 0.707. The second kappa shape index (κ2) is 6.83. The van der Waals surface area contributed by atoms with Gasteiger partial charge in [0, 0.05) is 22.1 Å². The van der Waals surface area contributed by atoms with E-state index in [2.05, 4.69) is 43.1 Å². The fraction of sp³-hybridized carbons (Fsp3) is 0.600. The standard InChI is InChI=1S/C15H22ClNS/c1-3-17-14-8-9-15(11(14)2)18-10-12-6-4-5-7-13(12)16/h4-7,11,14-15,17H,3,8-10H2,1-2H3. The second-order valence-electron chi connectivity index (χ2n) is 5.04. The molecular weight excluding hydrogens is 262 g/mol. The van der Waals surface area contributed by atoms with Crippen molar-refractivity contribution in [2.75, 3.05) is 6.54 Å². The van der Waals surface area contributed by atoms with Gasteiger partial charge in [0.25, 0.3) is 0 Å². The third-order valence-electron chi connectivity index (χ3n) is 3.86. The second-order valence-corrected chi connectivity index (χ2v) is 6.68. The molecule has 1 aromatic rings. The normalized spacial score (nSPS) is 27.6. The Kier molecular flexibility index (Phi) is 5.40. The summed E-state index contributed by atoms with van der Waals surface area (Å²) in [6.45, 7) is 5.65. The monoisotopic (exact) mass is 283 g/mol. The predicted molar refractivity (Wildman–Crippen MR) is 82.4 cm³/mol. The van der Waals surface area contributed by atoms with Gasteiger partial charge >= 0.3 is 0 Å². The van der Waals surface area contributed by atoms with Crippen molar-refractivity contribution in [2.24, 2.45) is 5.92 Å². The van der Waals surface area contributed by atoms with Crippen molar-refractivity contribution >= 4 is 23.4 Å². The van der Waals surface area contributed by atoms with Crippen molar-refractivity contribution in [3.63, 3.8) is 0 Å². The van der Waals surface area contributed by atoms with Crippen LogP contribution in [0.1, 0.15) is 32.3 Å². The van der Waals surface area contributed by atoms with E-state index in [1.807, 2.05) is 12.1 Å². The molecule has 3 unspecified atom stereocenters. The van der Waals surface area contributed by atoms with E-state index in [0.717, 1.165) is 28.5 Å². The molecule has 0 aliphatic heterocycles. The molecule has 1 N–H and O–H groups in total. The van der Waals surface area contributed by atoms with E-state index < -0.39 is 0 Å². The summed E-state index contributed by atoms with van der Waals surface area (Å²) < 4.78 is 0. The molecule has 1 fully saturated rings. The van der Waals surface area contributed by atoms with Crippen LogP contribution in [0.2, 0.25) is 5.02 Å². The van der Waals surface area contributed by atoms with Crippen molar-refractivity contribution in [3.8, 4) is 0 Å². The number of rotatable bonds is 5. The zero-order valence-corrected chi connectivity index (χ0v) is 12.7. The Morgan fingerprint density at radius 2 is 2.11 bits per heavy atom. The van der Waals surface area contributed by atoms with Crippen LogP contribution in [0.15, 0.2) is 24.3 Å². The molecule has 100 valence electrons. The number of halogens is 1. The molecule has 2 rings (SSSR count). The van der Waals surface area contributed by atoms with E-state index in [1.54, 1.807) is 0 Å². The van der Waals surface area contributed by atoms with Gasteiger partial charge in [0.1, 0.15) is 0 Å². The fourth-order valence-corrected chi connectivity index (χ4v) is 4.45. The predicted octanol–water partition coefficient (Wildman–Crippen LogP) is 4.35. The summed E-state index contributed by atoms with van der Waals surface area (Å²) >= 11 is 8.26. The lowest BCUT2D eigenvalue weighted by Crippen LogP contribution is -2.33.